The predicted molar refractivity (Wildman–Crippen MR) is 146 cm³/mol. The Labute approximate surface area is 235 Å². The highest BCUT2D eigenvalue weighted by Gasteiger charge is 2.29. The molecular weight excluding hydrogens is 519 g/mol. The molecule has 40 heavy (non-hydrogen) atoms. The zero-order valence-electron chi connectivity index (χ0n) is 23.7. The Balaban J connectivity index is 1.32. The Kier molecular flexibility index (Phi) is 11.0. The van der Waals surface area contributed by atoms with Gasteiger partial charge in [0.2, 0.25) is 5.91 Å². The molecule has 5 atom stereocenters. The highest BCUT2D eigenvalue weighted by molar-refractivity contribution is 5.77. The summed E-state index contributed by atoms with van der Waals surface area (Å²) in [6.07, 6.45) is 2.64. The normalized spacial score (nSPS) is 23.9. The standard InChI is InChI=1S/C28H43FN6O5/c1-20-14-24(15-27(38)40-20)32(2)9-8-23-18-35(31-30-23)25(16-29)28(39-3)22-6-4-21(5-7-22)17-33-10-12-34(13-11-33)26(37)19-36/h4-7,18,20,24-25,27-28,36,38H,8-17,19H2,1-3H3/t20-,24+,25-,27-,28-/m1/s1. The van der Waals surface area contributed by atoms with Gasteiger partial charge in [-0.3, -0.25) is 9.69 Å². The number of benzene rings is 1. The third-order valence-electron chi connectivity index (χ3n) is 8.04. The van der Waals surface area contributed by atoms with Crippen LogP contribution in [0.2, 0.25) is 0 Å². The van der Waals surface area contributed by atoms with E-state index in [4.69, 9.17) is 14.6 Å². The van der Waals surface area contributed by atoms with Crippen molar-refractivity contribution in [3.63, 3.8) is 0 Å². The van der Waals surface area contributed by atoms with E-state index >= 15 is 0 Å². The van der Waals surface area contributed by atoms with Gasteiger partial charge in [0, 0.05) is 71.5 Å². The number of hydrogen-bond donors (Lipinski definition) is 2. The van der Waals surface area contributed by atoms with Crippen molar-refractivity contribution in [3.8, 4) is 0 Å². The molecule has 11 nitrogen and oxygen atoms in total. The minimum absolute atomic E-state index is 0.0162. The quantitative estimate of drug-likeness (QED) is 0.393. The number of alkyl halides is 1. The molecule has 222 valence electrons. The first-order valence-corrected chi connectivity index (χ1v) is 14.0. The molecule has 0 saturated carbocycles. The summed E-state index contributed by atoms with van der Waals surface area (Å²) in [7, 11) is 3.61. The molecule has 12 heteroatoms. The molecule has 0 radical (unpaired) electrons. The number of methoxy groups -OCH3 is 1. The lowest BCUT2D eigenvalue weighted by Crippen LogP contribution is -2.49. The van der Waals surface area contributed by atoms with Crippen LogP contribution in [0, 0.1) is 0 Å². The largest absolute Gasteiger partial charge is 0.387 e. The van der Waals surface area contributed by atoms with Gasteiger partial charge in [-0.1, -0.05) is 29.5 Å². The fourth-order valence-electron chi connectivity index (χ4n) is 5.65. The van der Waals surface area contributed by atoms with E-state index in [-0.39, 0.29) is 18.1 Å². The number of halogens is 1. The summed E-state index contributed by atoms with van der Waals surface area (Å²) in [5.41, 5.74) is 2.75. The molecule has 0 bridgehead atoms. The number of rotatable bonds is 12. The Hall–Kier alpha value is -2.48. The van der Waals surface area contributed by atoms with Gasteiger partial charge < -0.3 is 29.5 Å². The van der Waals surface area contributed by atoms with Crippen molar-refractivity contribution >= 4 is 5.91 Å². The Morgan fingerprint density at radius 2 is 1.95 bits per heavy atom. The molecular formula is C28H43FN6O5. The van der Waals surface area contributed by atoms with Crippen LogP contribution in [-0.2, 0) is 27.2 Å². The van der Waals surface area contributed by atoms with E-state index in [9.17, 15) is 14.3 Å². The topological polar surface area (TPSA) is 116 Å². The monoisotopic (exact) mass is 562 g/mol. The average Bonchev–Trinajstić information content (AvgIpc) is 3.43. The number of ether oxygens (including phenoxy) is 2. The number of nitrogens with zero attached hydrogens (tertiary/aromatic N) is 6. The van der Waals surface area contributed by atoms with Gasteiger partial charge in [-0.05, 0) is 31.5 Å². The van der Waals surface area contributed by atoms with Crippen LogP contribution in [0.25, 0.3) is 0 Å². The van der Waals surface area contributed by atoms with Crippen molar-refractivity contribution in [3.05, 3.63) is 47.3 Å². The average molecular weight is 563 g/mol. The van der Waals surface area contributed by atoms with E-state index in [1.807, 2.05) is 38.2 Å². The van der Waals surface area contributed by atoms with Gasteiger partial charge in [0.1, 0.15) is 25.4 Å². The lowest BCUT2D eigenvalue weighted by atomic mass is 10.0. The van der Waals surface area contributed by atoms with Crippen molar-refractivity contribution in [2.45, 2.75) is 63.3 Å². The number of likely N-dealkylation sites (N-methyl/N-ethyl adjacent to an activating group) is 1. The molecule has 2 N–H and O–H groups in total. The number of amides is 1. The molecule has 2 aliphatic heterocycles. The Morgan fingerprint density at radius 3 is 2.58 bits per heavy atom. The first-order valence-electron chi connectivity index (χ1n) is 14.0. The smallest absolute Gasteiger partial charge is 0.248 e. The van der Waals surface area contributed by atoms with Crippen LogP contribution in [0.1, 0.15) is 48.7 Å². The van der Waals surface area contributed by atoms with E-state index < -0.39 is 31.7 Å². The van der Waals surface area contributed by atoms with E-state index in [2.05, 4.69) is 20.1 Å². The van der Waals surface area contributed by atoms with E-state index in [1.165, 1.54) is 0 Å². The van der Waals surface area contributed by atoms with E-state index in [0.717, 1.165) is 49.4 Å². The maximum atomic E-state index is 14.3. The third kappa shape index (κ3) is 7.83. The van der Waals surface area contributed by atoms with Crippen molar-refractivity contribution in [1.82, 2.24) is 29.7 Å². The number of carbonyl (C=O) groups excluding carboxylic acids is 1. The highest BCUT2D eigenvalue weighted by atomic mass is 19.1. The van der Waals surface area contributed by atoms with Crippen LogP contribution in [0.3, 0.4) is 0 Å². The second-order valence-electron chi connectivity index (χ2n) is 10.9. The summed E-state index contributed by atoms with van der Waals surface area (Å²) in [5.74, 6) is -0.228. The zero-order chi connectivity index (χ0) is 28.6. The van der Waals surface area contributed by atoms with Crippen LogP contribution in [-0.4, -0.2) is 124 Å². The molecule has 2 aromatic rings. The Bertz CT molecular complexity index is 1050. The molecule has 0 unspecified atom stereocenters. The van der Waals surface area contributed by atoms with Gasteiger partial charge in [-0.15, -0.1) is 5.10 Å². The molecule has 0 spiro atoms. The number of aliphatic hydroxyl groups excluding tert-OH is 2. The summed E-state index contributed by atoms with van der Waals surface area (Å²) in [6, 6.07) is 7.56. The molecule has 2 aliphatic rings. The van der Waals surface area contributed by atoms with Gasteiger partial charge in [0.25, 0.3) is 0 Å². The first kappa shape index (κ1) is 30.5. The number of aliphatic hydroxyl groups is 2. The lowest BCUT2D eigenvalue weighted by Gasteiger charge is -2.36. The zero-order valence-corrected chi connectivity index (χ0v) is 23.7. The molecule has 1 aromatic heterocycles. The first-order chi connectivity index (χ1) is 19.3. The Morgan fingerprint density at radius 1 is 1.23 bits per heavy atom. The van der Waals surface area contributed by atoms with E-state index in [0.29, 0.717) is 25.9 Å². The van der Waals surface area contributed by atoms with Gasteiger partial charge in [-0.2, -0.15) is 0 Å². The second kappa shape index (κ2) is 14.4. The predicted octanol–water partition coefficient (Wildman–Crippen LogP) is 1.17. The van der Waals surface area contributed by atoms with Crippen LogP contribution >= 0.6 is 0 Å². The molecule has 4 rings (SSSR count). The van der Waals surface area contributed by atoms with Crippen molar-refractivity contribution in [1.29, 1.82) is 0 Å². The summed E-state index contributed by atoms with van der Waals surface area (Å²) in [4.78, 5) is 17.8. The van der Waals surface area contributed by atoms with Crippen molar-refractivity contribution in [2.24, 2.45) is 0 Å². The highest BCUT2D eigenvalue weighted by Crippen LogP contribution is 2.30. The maximum absolute atomic E-state index is 14.3. The van der Waals surface area contributed by atoms with Crippen LogP contribution in [0.15, 0.2) is 30.5 Å². The number of aromatic nitrogens is 3. The maximum Gasteiger partial charge on any atom is 0.248 e. The minimum atomic E-state index is -0.734. The molecule has 3 heterocycles. The SMILES string of the molecule is CO[C@H](c1ccc(CN2CCN(C(=O)CO)CC2)cc1)[C@@H](CF)n1cc(CCN(C)[C@H]2C[C@@H](C)O[C@@H](O)C2)nn1. The lowest BCUT2D eigenvalue weighted by molar-refractivity contribution is -0.173. The van der Waals surface area contributed by atoms with Crippen molar-refractivity contribution in [2.75, 3.05) is 60.2 Å². The van der Waals surface area contributed by atoms with Crippen molar-refractivity contribution < 1.29 is 28.9 Å². The molecule has 1 amide bonds. The summed E-state index contributed by atoms with van der Waals surface area (Å²) >= 11 is 0. The molecule has 2 fully saturated rings. The minimum Gasteiger partial charge on any atom is -0.387 e. The molecule has 1 aromatic carbocycles. The molecule has 0 aliphatic carbocycles. The van der Waals surface area contributed by atoms with Crippen LogP contribution in [0.4, 0.5) is 4.39 Å². The summed E-state index contributed by atoms with van der Waals surface area (Å²) in [5, 5.41) is 27.5. The number of carbonyl (C=O) groups is 1. The second-order valence-corrected chi connectivity index (χ2v) is 10.9. The van der Waals surface area contributed by atoms with Gasteiger partial charge in [-0.25, -0.2) is 9.07 Å². The number of hydrogen-bond acceptors (Lipinski definition) is 9. The third-order valence-corrected chi connectivity index (χ3v) is 8.04. The van der Waals surface area contributed by atoms with E-state index in [1.54, 1.807) is 22.9 Å². The fourth-order valence-corrected chi connectivity index (χ4v) is 5.65. The summed E-state index contributed by atoms with van der Waals surface area (Å²) in [6.45, 7) is 5.07. The fraction of sp³-hybridized carbons (Fsp3) is 0.679. The van der Waals surface area contributed by atoms with Gasteiger partial charge in [0.15, 0.2) is 6.29 Å². The molecule has 2 saturated heterocycles. The number of piperazine rings is 1. The van der Waals surface area contributed by atoms with Gasteiger partial charge >= 0.3 is 0 Å². The summed E-state index contributed by atoms with van der Waals surface area (Å²) < 4.78 is 27.1. The van der Waals surface area contributed by atoms with Gasteiger partial charge in [0.05, 0.1) is 11.8 Å². The van der Waals surface area contributed by atoms with Crippen LogP contribution in [0.5, 0.6) is 0 Å². The van der Waals surface area contributed by atoms with Crippen LogP contribution < -0.4 is 0 Å².